The summed E-state index contributed by atoms with van der Waals surface area (Å²) in [5.74, 6) is 2.29. The van der Waals surface area contributed by atoms with Crippen LogP contribution in [-0.2, 0) is 4.74 Å². The molecule has 3 aliphatic rings. The van der Waals surface area contributed by atoms with Crippen molar-refractivity contribution in [2.45, 2.75) is 44.6 Å². The molecule has 1 amide bonds. The number of nitrogens with zero attached hydrogens (tertiary/aromatic N) is 3. The van der Waals surface area contributed by atoms with Crippen LogP contribution in [0.5, 0.6) is 5.75 Å². The van der Waals surface area contributed by atoms with Crippen LogP contribution in [0.4, 0.5) is 4.79 Å². The molecule has 1 saturated carbocycles. The Morgan fingerprint density at radius 1 is 1.10 bits per heavy atom. The minimum atomic E-state index is -0.150. The average molecular weight is 424 g/mol. The highest BCUT2D eigenvalue weighted by atomic mass is 16.5. The number of likely N-dealkylation sites (tertiary alicyclic amines) is 1. The number of amides is 1. The zero-order chi connectivity index (χ0) is 21.4. The van der Waals surface area contributed by atoms with E-state index in [1.165, 1.54) is 17.2 Å². The van der Waals surface area contributed by atoms with Crippen molar-refractivity contribution in [3.63, 3.8) is 0 Å². The molecule has 164 valence electrons. The van der Waals surface area contributed by atoms with E-state index in [2.05, 4.69) is 29.4 Å². The number of hydrogen-bond donors (Lipinski definition) is 0. The lowest BCUT2D eigenvalue weighted by molar-refractivity contribution is 0.0852. The Bertz CT molecular complexity index is 951. The predicted molar refractivity (Wildman–Crippen MR) is 114 cm³/mol. The first-order valence-electron chi connectivity index (χ1n) is 11.3. The van der Waals surface area contributed by atoms with Crippen LogP contribution in [-0.4, -0.2) is 58.9 Å². The van der Waals surface area contributed by atoms with Crippen LogP contribution in [0.3, 0.4) is 0 Å². The third-order valence-corrected chi connectivity index (χ3v) is 6.98. The van der Waals surface area contributed by atoms with Crippen molar-refractivity contribution >= 4 is 11.8 Å². The average Bonchev–Trinajstić information content (AvgIpc) is 3.49. The SMILES string of the molecule is CC(=O)c1ccn(C(=O)N2C[C@H]3CC(Oc4cccc(C5CCOCC5)c4)C[C@H]3C2)n1. The van der Waals surface area contributed by atoms with E-state index in [-0.39, 0.29) is 17.9 Å². The molecule has 2 aromatic rings. The molecular weight excluding hydrogens is 394 g/mol. The molecule has 31 heavy (non-hydrogen) atoms. The lowest BCUT2D eigenvalue weighted by Crippen LogP contribution is -2.34. The van der Waals surface area contributed by atoms with Gasteiger partial charge in [-0.05, 0) is 67.2 Å². The molecule has 5 rings (SSSR count). The van der Waals surface area contributed by atoms with E-state index in [1.54, 1.807) is 12.3 Å². The van der Waals surface area contributed by atoms with Gasteiger partial charge in [0.25, 0.3) is 0 Å². The number of ether oxygens (including phenoxy) is 2. The summed E-state index contributed by atoms with van der Waals surface area (Å²) in [6.45, 7) is 4.58. The number of rotatable bonds is 4. The van der Waals surface area contributed by atoms with E-state index >= 15 is 0 Å². The van der Waals surface area contributed by atoms with Gasteiger partial charge < -0.3 is 14.4 Å². The van der Waals surface area contributed by atoms with Gasteiger partial charge in [0.05, 0.1) is 6.10 Å². The fraction of sp³-hybridized carbons (Fsp3) is 0.542. The van der Waals surface area contributed by atoms with Crippen molar-refractivity contribution in [1.82, 2.24) is 14.7 Å². The number of benzene rings is 1. The Kier molecular flexibility index (Phi) is 5.52. The molecule has 1 aromatic heterocycles. The summed E-state index contributed by atoms with van der Waals surface area (Å²) in [5.41, 5.74) is 1.67. The first-order valence-corrected chi connectivity index (χ1v) is 11.3. The van der Waals surface area contributed by atoms with Crippen LogP contribution in [0.2, 0.25) is 0 Å². The third-order valence-electron chi connectivity index (χ3n) is 6.98. The zero-order valence-electron chi connectivity index (χ0n) is 17.9. The molecule has 1 unspecified atom stereocenters. The number of fused-ring (bicyclic) bond motifs is 1. The Labute approximate surface area is 182 Å². The highest BCUT2D eigenvalue weighted by Crippen LogP contribution is 2.40. The van der Waals surface area contributed by atoms with Crippen molar-refractivity contribution in [3.8, 4) is 5.75 Å². The van der Waals surface area contributed by atoms with Gasteiger partial charge in [-0.2, -0.15) is 9.78 Å². The zero-order valence-corrected chi connectivity index (χ0v) is 17.9. The van der Waals surface area contributed by atoms with Gasteiger partial charge >= 0.3 is 6.03 Å². The molecule has 0 radical (unpaired) electrons. The second kappa shape index (κ2) is 8.46. The largest absolute Gasteiger partial charge is 0.490 e. The van der Waals surface area contributed by atoms with E-state index in [9.17, 15) is 9.59 Å². The van der Waals surface area contributed by atoms with Crippen LogP contribution >= 0.6 is 0 Å². The van der Waals surface area contributed by atoms with Crippen LogP contribution in [0.25, 0.3) is 0 Å². The first kappa shape index (κ1) is 20.2. The van der Waals surface area contributed by atoms with E-state index in [4.69, 9.17) is 9.47 Å². The molecule has 0 bridgehead atoms. The Balaban J connectivity index is 1.17. The Morgan fingerprint density at radius 3 is 2.52 bits per heavy atom. The topological polar surface area (TPSA) is 73.7 Å². The van der Waals surface area contributed by atoms with Crippen molar-refractivity contribution < 1.29 is 19.1 Å². The van der Waals surface area contributed by atoms with Crippen molar-refractivity contribution in [2.24, 2.45) is 11.8 Å². The molecule has 2 aliphatic heterocycles. The van der Waals surface area contributed by atoms with E-state index < -0.39 is 0 Å². The lowest BCUT2D eigenvalue weighted by atomic mass is 9.92. The highest BCUT2D eigenvalue weighted by Gasteiger charge is 2.43. The highest BCUT2D eigenvalue weighted by molar-refractivity contribution is 5.92. The maximum atomic E-state index is 12.7. The maximum absolute atomic E-state index is 12.7. The fourth-order valence-corrected chi connectivity index (χ4v) is 5.33. The second-order valence-electron chi connectivity index (χ2n) is 9.08. The smallest absolute Gasteiger partial charge is 0.344 e. The summed E-state index contributed by atoms with van der Waals surface area (Å²) >= 11 is 0. The number of ketones is 1. The van der Waals surface area contributed by atoms with E-state index in [0.29, 0.717) is 23.4 Å². The number of Topliss-reactive ketones (excluding diaryl/α,β-unsaturated/α-hetero) is 1. The molecule has 3 fully saturated rings. The molecule has 7 nitrogen and oxygen atoms in total. The van der Waals surface area contributed by atoms with Gasteiger partial charge in [-0.1, -0.05) is 12.1 Å². The summed E-state index contributed by atoms with van der Waals surface area (Å²) in [6.07, 6.45) is 5.86. The van der Waals surface area contributed by atoms with Crippen LogP contribution in [0.15, 0.2) is 36.5 Å². The van der Waals surface area contributed by atoms with Gasteiger partial charge in [-0.3, -0.25) is 4.79 Å². The molecule has 1 aliphatic carbocycles. The molecule has 3 heterocycles. The lowest BCUT2D eigenvalue weighted by Gasteiger charge is -2.23. The van der Waals surface area contributed by atoms with Gasteiger partial charge in [-0.15, -0.1) is 0 Å². The van der Waals surface area contributed by atoms with Gasteiger partial charge in [-0.25, -0.2) is 4.79 Å². The summed E-state index contributed by atoms with van der Waals surface area (Å²) in [7, 11) is 0. The summed E-state index contributed by atoms with van der Waals surface area (Å²) < 4.78 is 13.1. The quantitative estimate of drug-likeness (QED) is 0.701. The minimum Gasteiger partial charge on any atom is -0.490 e. The van der Waals surface area contributed by atoms with Gasteiger partial charge in [0, 0.05) is 39.4 Å². The summed E-state index contributed by atoms with van der Waals surface area (Å²) in [6, 6.07) is 9.98. The standard InChI is InChI=1S/C24H29N3O4/c1-16(28)23-5-8-27(25-23)24(29)26-14-19-12-22(13-20(19)15-26)31-21-4-2-3-18(11-21)17-6-9-30-10-7-17/h2-5,8,11,17,19-20,22H,6-7,9-10,12-15H2,1H3/t19-,20+,22?. The molecule has 7 heteroatoms. The van der Waals surface area contributed by atoms with Crippen LogP contribution < -0.4 is 4.74 Å². The van der Waals surface area contributed by atoms with Crippen molar-refractivity contribution in [2.75, 3.05) is 26.3 Å². The molecule has 0 N–H and O–H groups in total. The molecular formula is C24H29N3O4. The number of hydrogen-bond acceptors (Lipinski definition) is 5. The predicted octanol–water partition coefficient (Wildman–Crippen LogP) is 3.74. The minimum absolute atomic E-state index is 0.134. The first-order chi connectivity index (χ1) is 15.1. The number of aromatic nitrogens is 2. The normalized spacial score (nSPS) is 26.1. The van der Waals surface area contributed by atoms with E-state index in [0.717, 1.165) is 57.7 Å². The third kappa shape index (κ3) is 4.24. The van der Waals surface area contributed by atoms with Gasteiger partial charge in [0.15, 0.2) is 5.78 Å². The molecule has 1 aromatic carbocycles. The van der Waals surface area contributed by atoms with Gasteiger partial charge in [0.1, 0.15) is 11.4 Å². The Morgan fingerprint density at radius 2 is 1.84 bits per heavy atom. The monoisotopic (exact) mass is 423 g/mol. The summed E-state index contributed by atoms with van der Waals surface area (Å²) in [4.78, 5) is 26.0. The number of carbonyl (C=O) groups is 2. The molecule has 0 spiro atoms. The van der Waals surface area contributed by atoms with E-state index in [1.807, 2.05) is 4.90 Å². The van der Waals surface area contributed by atoms with Crippen LogP contribution in [0.1, 0.15) is 54.6 Å². The Hall–Kier alpha value is -2.67. The molecule has 3 atom stereocenters. The van der Waals surface area contributed by atoms with Crippen molar-refractivity contribution in [1.29, 1.82) is 0 Å². The number of carbonyl (C=O) groups excluding carboxylic acids is 2. The fourth-order valence-electron chi connectivity index (χ4n) is 5.33. The summed E-state index contributed by atoms with van der Waals surface area (Å²) in [5, 5.41) is 4.11. The van der Waals surface area contributed by atoms with Crippen molar-refractivity contribution in [3.05, 3.63) is 47.8 Å². The van der Waals surface area contributed by atoms with Crippen LogP contribution in [0, 0.1) is 11.8 Å². The van der Waals surface area contributed by atoms with Gasteiger partial charge in [0.2, 0.25) is 0 Å². The molecule has 2 saturated heterocycles. The maximum Gasteiger partial charge on any atom is 0.344 e. The second-order valence-corrected chi connectivity index (χ2v) is 9.08.